The van der Waals surface area contributed by atoms with Gasteiger partial charge in [-0.3, -0.25) is 4.79 Å². The van der Waals surface area contributed by atoms with E-state index in [4.69, 9.17) is 0 Å². The SMILES string of the molecule is C/C(=N\NC(=O)[C@H](O)c1ccccc1)c1ccccc1O. The first-order valence-electron chi connectivity index (χ1n) is 6.45. The van der Waals surface area contributed by atoms with Crippen molar-refractivity contribution < 1.29 is 15.0 Å². The zero-order valence-electron chi connectivity index (χ0n) is 11.5. The van der Waals surface area contributed by atoms with Crippen molar-refractivity contribution >= 4 is 11.6 Å². The summed E-state index contributed by atoms with van der Waals surface area (Å²) in [7, 11) is 0. The zero-order chi connectivity index (χ0) is 15.2. The largest absolute Gasteiger partial charge is 0.507 e. The molecular formula is C16H16N2O3. The van der Waals surface area contributed by atoms with Gasteiger partial charge in [-0.2, -0.15) is 5.10 Å². The number of nitrogens with one attached hydrogen (secondary N) is 1. The molecule has 0 bridgehead atoms. The number of aliphatic hydroxyl groups is 1. The standard InChI is InChI=1S/C16H16N2O3/c1-11(13-9-5-6-10-14(13)19)17-18-16(21)15(20)12-7-3-2-4-8-12/h2-10,15,19-20H,1H3,(H,18,21)/b17-11+/t15-/m1/s1. The molecule has 1 atom stereocenters. The summed E-state index contributed by atoms with van der Waals surface area (Å²) in [6.45, 7) is 1.66. The van der Waals surface area contributed by atoms with E-state index in [1.54, 1.807) is 55.5 Å². The van der Waals surface area contributed by atoms with E-state index in [1.807, 2.05) is 0 Å². The number of carbonyl (C=O) groups is 1. The first-order chi connectivity index (χ1) is 10.1. The highest BCUT2D eigenvalue weighted by molar-refractivity contribution is 6.01. The van der Waals surface area contributed by atoms with Crippen LogP contribution in [0.4, 0.5) is 0 Å². The summed E-state index contributed by atoms with van der Waals surface area (Å²) in [5, 5.41) is 23.5. The number of carbonyl (C=O) groups excluding carboxylic acids is 1. The average molecular weight is 284 g/mol. The summed E-state index contributed by atoms with van der Waals surface area (Å²) in [5.41, 5.74) is 3.75. The topological polar surface area (TPSA) is 81.9 Å². The van der Waals surface area contributed by atoms with Crippen LogP contribution in [0.5, 0.6) is 5.75 Å². The van der Waals surface area contributed by atoms with E-state index in [2.05, 4.69) is 10.5 Å². The van der Waals surface area contributed by atoms with Gasteiger partial charge in [0.05, 0.1) is 5.71 Å². The van der Waals surface area contributed by atoms with Crippen LogP contribution in [0.25, 0.3) is 0 Å². The minimum absolute atomic E-state index is 0.0802. The van der Waals surface area contributed by atoms with Crippen molar-refractivity contribution in [1.82, 2.24) is 5.43 Å². The van der Waals surface area contributed by atoms with Crippen LogP contribution in [-0.4, -0.2) is 21.8 Å². The molecule has 0 heterocycles. The molecule has 0 saturated carbocycles. The van der Waals surface area contributed by atoms with Crippen molar-refractivity contribution in [2.75, 3.05) is 0 Å². The summed E-state index contributed by atoms with van der Waals surface area (Å²) >= 11 is 0. The molecule has 0 radical (unpaired) electrons. The van der Waals surface area contributed by atoms with Crippen molar-refractivity contribution in [3.63, 3.8) is 0 Å². The van der Waals surface area contributed by atoms with Crippen LogP contribution < -0.4 is 5.43 Å². The third kappa shape index (κ3) is 3.67. The van der Waals surface area contributed by atoms with Gasteiger partial charge in [-0.1, -0.05) is 42.5 Å². The monoisotopic (exact) mass is 284 g/mol. The van der Waals surface area contributed by atoms with Crippen LogP contribution in [-0.2, 0) is 4.79 Å². The molecule has 2 aromatic rings. The first-order valence-corrected chi connectivity index (χ1v) is 6.45. The Morgan fingerprint density at radius 3 is 2.38 bits per heavy atom. The second-order valence-corrected chi connectivity index (χ2v) is 4.50. The second-order valence-electron chi connectivity index (χ2n) is 4.50. The summed E-state index contributed by atoms with van der Waals surface area (Å²) in [6, 6.07) is 15.3. The third-order valence-electron chi connectivity index (χ3n) is 2.99. The van der Waals surface area contributed by atoms with Gasteiger partial charge in [0, 0.05) is 5.56 Å². The fraction of sp³-hybridized carbons (Fsp3) is 0.125. The summed E-state index contributed by atoms with van der Waals surface area (Å²) < 4.78 is 0. The molecule has 0 fully saturated rings. The molecule has 0 unspecified atom stereocenters. The Hall–Kier alpha value is -2.66. The number of phenolic OH excluding ortho intramolecular Hbond substituents is 1. The van der Waals surface area contributed by atoms with E-state index in [1.165, 1.54) is 6.07 Å². The predicted molar refractivity (Wildman–Crippen MR) is 79.9 cm³/mol. The molecular weight excluding hydrogens is 268 g/mol. The number of hydrogen-bond donors (Lipinski definition) is 3. The number of hydrogen-bond acceptors (Lipinski definition) is 4. The quantitative estimate of drug-likeness (QED) is 0.593. The number of amides is 1. The molecule has 2 aromatic carbocycles. The van der Waals surface area contributed by atoms with Gasteiger partial charge in [0.15, 0.2) is 6.10 Å². The molecule has 21 heavy (non-hydrogen) atoms. The van der Waals surface area contributed by atoms with Gasteiger partial charge in [0.1, 0.15) is 5.75 Å². The molecule has 0 aliphatic carbocycles. The lowest BCUT2D eigenvalue weighted by Gasteiger charge is -2.09. The minimum Gasteiger partial charge on any atom is -0.507 e. The summed E-state index contributed by atoms with van der Waals surface area (Å²) in [4.78, 5) is 11.8. The van der Waals surface area contributed by atoms with Crippen LogP contribution in [0.3, 0.4) is 0 Å². The minimum atomic E-state index is -1.29. The number of aliphatic hydroxyl groups excluding tert-OH is 1. The normalized spacial score (nSPS) is 12.8. The highest BCUT2D eigenvalue weighted by Gasteiger charge is 2.16. The molecule has 0 aromatic heterocycles. The van der Waals surface area contributed by atoms with Gasteiger partial charge in [-0.25, -0.2) is 5.43 Å². The van der Waals surface area contributed by atoms with E-state index in [9.17, 15) is 15.0 Å². The van der Waals surface area contributed by atoms with E-state index in [0.29, 0.717) is 16.8 Å². The molecule has 0 aliphatic heterocycles. The maximum Gasteiger partial charge on any atom is 0.273 e. The number of phenols is 1. The maximum absolute atomic E-state index is 11.8. The van der Waals surface area contributed by atoms with E-state index >= 15 is 0 Å². The molecule has 2 rings (SSSR count). The van der Waals surface area contributed by atoms with Gasteiger partial charge in [-0.05, 0) is 24.6 Å². The van der Waals surface area contributed by atoms with E-state index < -0.39 is 12.0 Å². The molecule has 0 aliphatic rings. The molecule has 0 spiro atoms. The Bertz CT molecular complexity index is 654. The Balaban J connectivity index is 2.07. The Kier molecular flexibility index (Phi) is 4.68. The fourth-order valence-electron chi connectivity index (χ4n) is 1.83. The Labute approximate surface area is 122 Å². The number of benzene rings is 2. The van der Waals surface area contributed by atoms with Crippen molar-refractivity contribution in [3.05, 3.63) is 65.7 Å². The van der Waals surface area contributed by atoms with Crippen LogP contribution in [0, 0.1) is 0 Å². The zero-order valence-corrected chi connectivity index (χ0v) is 11.5. The lowest BCUT2D eigenvalue weighted by molar-refractivity contribution is -0.129. The number of rotatable bonds is 4. The summed E-state index contributed by atoms with van der Waals surface area (Å²) in [5.74, 6) is -0.549. The average Bonchev–Trinajstić information content (AvgIpc) is 2.52. The van der Waals surface area contributed by atoms with Crippen LogP contribution in [0.2, 0.25) is 0 Å². The predicted octanol–water partition coefficient (Wildman–Crippen LogP) is 1.97. The number of aromatic hydroxyl groups is 1. The molecule has 3 N–H and O–H groups in total. The van der Waals surface area contributed by atoms with Gasteiger partial charge in [-0.15, -0.1) is 0 Å². The van der Waals surface area contributed by atoms with E-state index in [-0.39, 0.29) is 5.75 Å². The summed E-state index contributed by atoms with van der Waals surface area (Å²) in [6.07, 6.45) is -1.29. The third-order valence-corrected chi connectivity index (χ3v) is 2.99. The number of hydrazone groups is 1. The molecule has 108 valence electrons. The Morgan fingerprint density at radius 1 is 1.10 bits per heavy atom. The molecule has 5 heteroatoms. The van der Waals surface area contributed by atoms with Crippen LogP contribution >= 0.6 is 0 Å². The van der Waals surface area contributed by atoms with Gasteiger partial charge in [0.2, 0.25) is 0 Å². The van der Waals surface area contributed by atoms with Crippen LogP contribution in [0.1, 0.15) is 24.2 Å². The van der Waals surface area contributed by atoms with Gasteiger partial charge >= 0.3 is 0 Å². The highest BCUT2D eigenvalue weighted by atomic mass is 16.3. The second kappa shape index (κ2) is 6.67. The lowest BCUT2D eigenvalue weighted by Crippen LogP contribution is -2.26. The highest BCUT2D eigenvalue weighted by Crippen LogP contribution is 2.16. The lowest BCUT2D eigenvalue weighted by atomic mass is 10.1. The molecule has 5 nitrogen and oxygen atoms in total. The molecule has 0 saturated heterocycles. The smallest absolute Gasteiger partial charge is 0.273 e. The van der Waals surface area contributed by atoms with Crippen molar-refractivity contribution in [3.8, 4) is 5.75 Å². The molecule has 1 amide bonds. The van der Waals surface area contributed by atoms with Gasteiger partial charge in [0.25, 0.3) is 5.91 Å². The van der Waals surface area contributed by atoms with Crippen molar-refractivity contribution in [2.45, 2.75) is 13.0 Å². The first kappa shape index (κ1) is 14.7. The van der Waals surface area contributed by atoms with Crippen LogP contribution in [0.15, 0.2) is 59.7 Å². The Morgan fingerprint density at radius 2 is 1.71 bits per heavy atom. The fourth-order valence-corrected chi connectivity index (χ4v) is 1.83. The van der Waals surface area contributed by atoms with Gasteiger partial charge < -0.3 is 10.2 Å². The number of nitrogens with zero attached hydrogens (tertiary/aromatic N) is 1. The van der Waals surface area contributed by atoms with Crippen molar-refractivity contribution in [1.29, 1.82) is 0 Å². The van der Waals surface area contributed by atoms with Crippen molar-refractivity contribution in [2.24, 2.45) is 5.10 Å². The number of para-hydroxylation sites is 1. The van der Waals surface area contributed by atoms with E-state index in [0.717, 1.165) is 0 Å². The maximum atomic E-state index is 11.8.